The lowest BCUT2D eigenvalue weighted by molar-refractivity contribution is 0.244. The van der Waals surface area contributed by atoms with Crippen molar-refractivity contribution in [1.29, 1.82) is 0 Å². The van der Waals surface area contributed by atoms with Crippen molar-refractivity contribution in [2.24, 2.45) is 0 Å². The second kappa shape index (κ2) is 9.53. The fourth-order valence-electron chi connectivity index (χ4n) is 4.18. The highest BCUT2D eigenvalue weighted by Gasteiger charge is 2.36. The minimum Gasteiger partial charge on any atom is -0.497 e. The highest BCUT2D eigenvalue weighted by molar-refractivity contribution is 6.01. The summed E-state index contributed by atoms with van der Waals surface area (Å²) in [6, 6.07) is 19.5. The van der Waals surface area contributed by atoms with Gasteiger partial charge in [0.2, 0.25) is 5.82 Å². The Labute approximate surface area is 207 Å². The summed E-state index contributed by atoms with van der Waals surface area (Å²) >= 11 is 0. The number of halogens is 1. The summed E-state index contributed by atoms with van der Waals surface area (Å²) in [6.07, 6.45) is 0. The van der Waals surface area contributed by atoms with E-state index in [9.17, 15) is 9.18 Å². The van der Waals surface area contributed by atoms with Gasteiger partial charge < -0.3 is 19.3 Å². The van der Waals surface area contributed by atoms with Gasteiger partial charge in [0, 0.05) is 17.3 Å². The van der Waals surface area contributed by atoms with Crippen molar-refractivity contribution in [3.05, 3.63) is 95.8 Å². The predicted octanol–water partition coefficient (Wildman–Crippen LogP) is 5.60. The largest absolute Gasteiger partial charge is 0.497 e. The summed E-state index contributed by atoms with van der Waals surface area (Å²) in [5.74, 6) is 1.49. The van der Waals surface area contributed by atoms with Crippen molar-refractivity contribution in [3.8, 4) is 22.9 Å². The van der Waals surface area contributed by atoms with E-state index in [1.54, 1.807) is 43.4 Å². The molecule has 0 spiro atoms. The molecule has 1 aliphatic heterocycles. The number of aromatic nitrogens is 2. The van der Waals surface area contributed by atoms with Crippen LogP contribution < -0.4 is 19.7 Å². The Kier molecular flexibility index (Phi) is 6.12. The zero-order chi connectivity index (χ0) is 25.2. The van der Waals surface area contributed by atoms with Crippen molar-refractivity contribution in [2.75, 3.05) is 19.1 Å². The number of nitrogens with zero attached hydrogens (tertiary/aromatic N) is 3. The van der Waals surface area contributed by atoms with Gasteiger partial charge in [0.15, 0.2) is 0 Å². The Hall–Kier alpha value is -4.66. The van der Waals surface area contributed by atoms with E-state index in [0.29, 0.717) is 39.8 Å². The van der Waals surface area contributed by atoms with Crippen LogP contribution in [0.5, 0.6) is 11.5 Å². The van der Waals surface area contributed by atoms with Crippen LogP contribution in [0.4, 0.5) is 14.9 Å². The van der Waals surface area contributed by atoms with Crippen LogP contribution in [-0.4, -0.2) is 30.4 Å². The fourth-order valence-corrected chi connectivity index (χ4v) is 4.18. The minimum absolute atomic E-state index is 0.237. The van der Waals surface area contributed by atoms with Gasteiger partial charge in [-0.25, -0.2) is 9.18 Å². The van der Waals surface area contributed by atoms with E-state index in [2.05, 4.69) is 15.5 Å². The van der Waals surface area contributed by atoms with Crippen LogP contribution in [0.25, 0.3) is 17.0 Å². The van der Waals surface area contributed by atoms with E-state index in [4.69, 9.17) is 14.0 Å². The maximum absolute atomic E-state index is 13.4. The van der Waals surface area contributed by atoms with Gasteiger partial charge in [0.05, 0.1) is 31.5 Å². The SMILES string of the molecule is COc1ccc(C2NC(=O)N(c3cccc(OC)c3)C(C)=C2c2nc(-c3ccc(F)cc3)no2)cc1. The average Bonchev–Trinajstić information content (AvgIpc) is 3.38. The number of allylic oxidation sites excluding steroid dienone is 1. The highest BCUT2D eigenvalue weighted by atomic mass is 19.1. The Morgan fingerprint density at radius 2 is 1.69 bits per heavy atom. The second-order valence-electron chi connectivity index (χ2n) is 8.12. The first-order valence-corrected chi connectivity index (χ1v) is 11.2. The van der Waals surface area contributed by atoms with Gasteiger partial charge in [-0.15, -0.1) is 0 Å². The number of carbonyl (C=O) groups excluding carboxylic acids is 1. The minimum atomic E-state index is -0.563. The Balaban J connectivity index is 1.64. The molecule has 0 aliphatic carbocycles. The number of anilines is 1. The Bertz CT molecular complexity index is 1430. The number of amides is 2. The maximum Gasteiger partial charge on any atom is 0.327 e. The van der Waals surface area contributed by atoms with E-state index in [0.717, 1.165) is 5.56 Å². The van der Waals surface area contributed by atoms with Gasteiger partial charge in [0.1, 0.15) is 17.3 Å². The molecular formula is C27H23FN4O4. The second-order valence-corrected chi connectivity index (χ2v) is 8.12. The van der Waals surface area contributed by atoms with Gasteiger partial charge >= 0.3 is 6.03 Å². The topological polar surface area (TPSA) is 89.7 Å². The van der Waals surface area contributed by atoms with Crippen LogP contribution in [-0.2, 0) is 0 Å². The number of ether oxygens (including phenoxy) is 2. The lowest BCUT2D eigenvalue weighted by atomic mass is 9.94. The molecular weight excluding hydrogens is 463 g/mol. The number of carbonyl (C=O) groups is 1. The van der Waals surface area contributed by atoms with E-state index < -0.39 is 6.04 Å². The van der Waals surface area contributed by atoms with Crippen molar-refractivity contribution in [2.45, 2.75) is 13.0 Å². The molecule has 0 saturated carbocycles. The molecule has 8 nitrogen and oxygen atoms in total. The van der Waals surface area contributed by atoms with Crippen LogP contribution in [0.15, 0.2) is 83.0 Å². The summed E-state index contributed by atoms with van der Waals surface area (Å²) in [7, 11) is 3.16. The number of urea groups is 1. The molecule has 1 aliphatic rings. The van der Waals surface area contributed by atoms with E-state index in [1.165, 1.54) is 12.1 Å². The molecule has 5 rings (SSSR count). The first-order valence-electron chi connectivity index (χ1n) is 11.2. The third kappa shape index (κ3) is 4.26. The first-order chi connectivity index (χ1) is 17.5. The van der Waals surface area contributed by atoms with Crippen LogP contribution in [0.2, 0.25) is 0 Å². The molecule has 9 heteroatoms. The average molecular weight is 487 g/mol. The molecule has 0 fully saturated rings. The van der Waals surface area contributed by atoms with Crippen LogP contribution >= 0.6 is 0 Å². The summed E-state index contributed by atoms with van der Waals surface area (Å²) in [5.41, 5.74) is 3.28. The molecule has 2 amide bonds. The number of hydrogen-bond donors (Lipinski definition) is 1. The quantitative estimate of drug-likeness (QED) is 0.382. The van der Waals surface area contributed by atoms with Gasteiger partial charge in [0.25, 0.3) is 5.89 Å². The van der Waals surface area contributed by atoms with Gasteiger partial charge in [-0.3, -0.25) is 4.90 Å². The van der Waals surface area contributed by atoms with Crippen molar-refractivity contribution >= 4 is 17.3 Å². The van der Waals surface area contributed by atoms with E-state index in [1.807, 2.05) is 43.3 Å². The molecule has 2 heterocycles. The zero-order valence-corrected chi connectivity index (χ0v) is 19.9. The number of hydrogen-bond acceptors (Lipinski definition) is 6. The number of benzene rings is 3. The molecule has 182 valence electrons. The van der Waals surface area contributed by atoms with Crippen molar-refractivity contribution in [1.82, 2.24) is 15.5 Å². The van der Waals surface area contributed by atoms with Gasteiger partial charge in [-0.05, 0) is 61.0 Å². The summed E-state index contributed by atoms with van der Waals surface area (Å²) in [5, 5.41) is 7.17. The molecule has 1 aromatic heterocycles. The standard InChI is InChI=1S/C27H23FN4O4/c1-16-23(26-30-25(31-36-26)18-7-11-19(28)12-8-18)24(17-9-13-21(34-2)14-10-17)29-27(33)32(16)20-5-4-6-22(15-20)35-3/h4-15,24H,1-3H3,(H,29,33). The third-order valence-electron chi connectivity index (χ3n) is 6.00. The monoisotopic (exact) mass is 486 g/mol. The van der Waals surface area contributed by atoms with Gasteiger partial charge in [-0.2, -0.15) is 4.98 Å². The number of methoxy groups -OCH3 is 2. The lowest BCUT2D eigenvalue weighted by Gasteiger charge is -2.35. The normalized spacial score (nSPS) is 15.6. The molecule has 0 radical (unpaired) electrons. The molecule has 3 aromatic carbocycles. The molecule has 1 unspecified atom stereocenters. The Morgan fingerprint density at radius 3 is 2.39 bits per heavy atom. The van der Waals surface area contributed by atoms with Crippen LogP contribution in [0, 0.1) is 5.82 Å². The zero-order valence-electron chi connectivity index (χ0n) is 19.9. The van der Waals surface area contributed by atoms with Crippen LogP contribution in [0.1, 0.15) is 24.4 Å². The summed E-state index contributed by atoms with van der Waals surface area (Å²) < 4.78 is 29.7. The van der Waals surface area contributed by atoms with Crippen LogP contribution in [0.3, 0.4) is 0 Å². The summed E-state index contributed by atoms with van der Waals surface area (Å²) in [4.78, 5) is 19.5. The van der Waals surface area contributed by atoms with Crippen molar-refractivity contribution in [3.63, 3.8) is 0 Å². The number of nitrogens with one attached hydrogen (secondary N) is 1. The molecule has 0 saturated heterocycles. The number of rotatable bonds is 6. The molecule has 1 atom stereocenters. The van der Waals surface area contributed by atoms with Crippen molar-refractivity contribution < 1.29 is 23.2 Å². The predicted molar refractivity (Wildman–Crippen MR) is 132 cm³/mol. The third-order valence-corrected chi connectivity index (χ3v) is 6.00. The molecule has 4 aromatic rings. The smallest absolute Gasteiger partial charge is 0.327 e. The fraction of sp³-hybridized carbons (Fsp3) is 0.148. The lowest BCUT2D eigenvalue weighted by Crippen LogP contribution is -2.46. The Morgan fingerprint density at radius 1 is 0.972 bits per heavy atom. The maximum atomic E-state index is 13.4. The summed E-state index contributed by atoms with van der Waals surface area (Å²) in [6.45, 7) is 1.83. The molecule has 0 bridgehead atoms. The first kappa shape index (κ1) is 23.1. The van der Waals surface area contributed by atoms with E-state index >= 15 is 0 Å². The van der Waals surface area contributed by atoms with E-state index in [-0.39, 0.29) is 17.7 Å². The molecule has 1 N–H and O–H groups in total. The molecule has 36 heavy (non-hydrogen) atoms. The van der Waals surface area contributed by atoms with Gasteiger partial charge in [-0.1, -0.05) is 23.4 Å². The highest BCUT2D eigenvalue weighted by Crippen LogP contribution is 2.40.